The molecule has 17 heavy (non-hydrogen) atoms. The van der Waals surface area contributed by atoms with Crippen molar-refractivity contribution in [2.24, 2.45) is 5.92 Å². The van der Waals surface area contributed by atoms with E-state index >= 15 is 0 Å². The molecule has 3 nitrogen and oxygen atoms in total. The lowest BCUT2D eigenvalue weighted by atomic mass is 9.92. The Bertz CT molecular complexity index is 441. The smallest absolute Gasteiger partial charge is 0.177 e. The molecule has 0 amide bonds. The summed E-state index contributed by atoms with van der Waals surface area (Å²) in [5.41, 5.74) is 1.40. The van der Waals surface area contributed by atoms with Gasteiger partial charge in [-0.3, -0.25) is 0 Å². The fourth-order valence-corrected chi connectivity index (χ4v) is 2.68. The first-order chi connectivity index (χ1) is 7.89. The summed E-state index contributed by atoms with van der Waals surface area (Å²) in [6, 6.07) is 0. The maximum Gasteiger partial charge on any atom is 0.177 e. The summed E-state index contributed by atoms with van der Waals surface area (Å²) >= 11 is 5.38. The van der Waals surface area contributed by atoms with Crippen LogP contribution in [-0.4, -0.2) is 22.3 Å². The summed E-state index contributed by atoms with van der Waals surface area (Å²) < 4.78 is 8.69. The van der Waals surface area contributed by atoms with E-state index in [0.29, 0.717) is 12.0 Å². The van der Waals surface area contributed by atoms with E-state index in [-0.39, 0.29) is 5.41 Å². The van der Waals surface area contributed by atoms with Gasteiger partial charge >= 0.3 is 0 Å². The highest BCUT2D eigenvalue weighted by Crippen LogP contribution is 2.27. The lowest BCUT2D eigenvalue weighted by Crippen LogP contribution is -2.23. The number of hydrogen-bond acceptors (Lipinski definition) is 2. The summed E-state index contributed by atoms with van der Waals surface area (Å²) in [6.07, 6.45) is 3.53. The second kappa shape index (κ2) is 4.58. The van der Waals surface area contributed by atoms with Crippen LogP contribution in [0.3, 0.4) is 0 Å². The molecule has 1 N–H and O–H groups in total. The minimum atomic E-state index is 0.121. The van der Waals surface area contributed by atoms with E-state index in [0.717, 1.165) is 24.3 Å². The quantitative estimate of drug-likeness (QED) is 0.821. The van der Waals surface area contributed by atoms with E-state index in [1.807, 2.05) is 6.20 Å². The standard InChI is InChI=1S/C13H22N2OS/c1-9-10(5-6-16-9)8-15-11(13(2,3)4)7-14-12(15)17/h7,9-10H,5-6,8H2,1-4H3,(H,14,17). The lowest BCUT2D eigenvalue weighted by Gasteiger charge is -2.23. The normalized spacial score (nSPS) is 25.4. The first-order valence-corrected chi connectivity index (χ1v) is 6.70. The molecule has 1 aromatic heterocycles. The van der Waals surface area contributed by atoms with Crippen molar-refractivity contribution in [3.8, 4) is 0 Å². The summed E-state index contributed by atoms with van der Waals surface area (Å²) in [5, 5.41) is 0. The van der Waals surface area contributed by atoms with Gasteiger partial charge in [0, 0.05) is 36.4 Å². The highest BCUT2D eigenvalue weighted by atomic mass is 32.1. The molecule has 2 rings (SSSR count). The average molecular weight is 254 g/mol. The molecule has 96 valence electrons. The van der Waals surface area contributed by atoms with E-state index in [1.54, 1.807) is 0 Å². The number of nitrogens with zero attached hydrogens (tertiary/aromatic N) is 1. The zero-order valence-corrected chi connectivity index (χ0v) is 11.9. The van der Waals surface area contributed by atoms with Crippen molar-refractivity contribution in [3.05, 3.63) is 16.7 Å². The molecule has 1 aliphatic heterocycles. The van der Waals surface area contributed by atoms with Crippen LogP contribution in [0.5, 0.6) is 0 Å². The molecule has 0 saturated carbocycles. The zero-order valence-electron chi connectivity index (χ0n) is 11.1. The summed E-state index contributed by atoms with van der Waals surface area (Å²) in [7, 11) is 0. The molecule has 2 atom stereocenters. The molecule has 2 unspecified atom stereocenters. The van der Waals surface area contributed by atoms with Crippen LogP contribution in [0.25, 0.3) is 0 Å². The molecular formula is C13H22N2OS. The van der Waals surface area contributed by atoms with E-state index < -0.39 is 0 Å². The third kappa shape index (κ3) is 2.63. The molecule has 4 heteroatoms. The molecule has 1 aliphatic rings. The second-order valence-corrected chi connectivity index (χ2v) is 6.35. The van der Waals surface area contributed by atoms with Crippen molar-refractivity contribution >= 4 is 12.2 Å². The number of hydrogen-bond donors (Lipinski definition) is 1. The third-order valence-electron chi connectivity index (χ3n) is 3.59. The number of imidazole rings is 1. The van der Waals surface area contributed by atoms with E-state index in [4.69, 9.17) is 17.0 Å². The van der Waals surface area contributed by atoms with Crippen LogP contribution in [0.2, 0.25) is 0 Å². The predicted octanol–water partition coefficient (Wildman–Crippen LogP) is 3.27. The van der Waals surface area contributed by atoms with Gasteiger partial charge in [0.15, 0.2) is 4.77 Å². The van der Waals surface area contributed by atoms with Gasteiger partial charge in [0.25, 0.3) is 0 Å². The van der Waals surface area contributed by atoms with Gasteiger partial charge < -0.3 is 14.3 Å². The topological polar surface area (TPSA) is 29.9 Å². The Balaban J connectivity index is 2.26. The third-order valence-corrected chi connectivity index (χ3v) is 3.93. The molecule has 1 saturated heterocycles. The van der Waals surface area contributed by atoms with Gasteiger partial charge in [0.1, 0.15) is 0 Å². The van der Waals surface area contributed by atoms with Crippen molar-refractivity contribution in [1.82, 2.24) is 9.55 Å². The first-order valence-electron chi connectivity index (χ1n) is 6.30. The molecule has 0 radical (unpaired) electrons. The molecular weight excluding hydrogens is 232 g/mol. The van der Waals surface area contributed by atoms with Crippen molar-refractivity contribution in [2.75, 3.05) is 6.61 Å². The van der Waals surface area contributed by atoms with Gasteiger partial charge in [0.2, 0.25) is 0 Å². The van der Waals surface area contributed by atoms with Gasteiger partial charge in [-0.25, -0.2) is 0 Å². The zero-order chi connectivity index (χ0) is 12.6. The number of aromatic amines is 1. The first kappa shape index (κ1) is 12.8. The van der Waals surface area contributed by atoms with E-state index in [9.17, 15) is 0 Å². The minimum Gasteiger partial charge on any atom is -0.378 e. The number of aromatic nitrogens is 2. The molecule has 0 spiro atoms. The molecule has 1 fully saturated rings. The number of ether oxygens (including phenoxy) is 1. The molecule has 0 aromatic carbocycles. The van der Waals surface area contributed by atoms with Crippen molar-refractivity contribution in [3.63, 3.8) is 0 Å². The highest BCUT2D eigenvalue weighted by Gasteiger charge is 2.27. The monoisotopic (exact) mass is 254 g/mol. The summed E-state index contributed by atoms with van der Waals surface area (Å²) in [5.74, 6) is 0.582. The van der Waals surface area contributed by atoms with E-state index in [1.165, 1.54) is 5.69 Å². The molecule has 1 aromatic rings. The molecule has 0 aliphatic carbocycles. The van der Waals surface area contributed by atoms with Crippen molar-refractivity contribution in [1.29, 1.82) is 0 Å². The Morgan fingerprint density at radius 3 is 2.76 bits per heavy atom. The number of nitrogens with one attached hydrogen (secondary N) is 1. The van der Waals surface area contributed by atoms with Crippen LogP contribution in [0.1, 0.15) is 39.8 Å². The Hall–Kier alpha value is -0.610. The summed E-state index contributed by atoms with van der Waals surface area (Å²) in [4.78, 5) is 3.17. The van der Waals surface area contributed by atoms with E-state index in [2.05, 4.69) is 37.2 Å². The molecule has 2 heterocycles. The Morgan fingerprint density at radius 1 is 1.53 bits per heavy atom. The SMILES string of the molecule is CC1OCCC1Cn1c(C(C)(C)C)c[nH]c1=S. The maximum absolute atomic E-state index is 5.62. The summed E-state index contributed by atoms with van der Waals surface area (Å²) in [6.45, 7) is 10.7. The van der Waals surface area contributed by atoms with Crippen LogP contribution < -0.4 is 0 Å². The van der Waals surface area contributed by atoms with Gasteiger partial charge in [0.05, 0.1) is 6.10 Å². The number of H-pyrrole nitrogens is 1. The average Bonchev–Trinajstić information content (AvgIpc) is 2.75. The fraction of sp³-hybridized carbons (Fsp3) is 0.769. The van der Waals surface area contributed by atoms with Gasteiger partial charge in [-0.15, -0.1) is 0 Å². The van der Waals surface area contributed by atoms with Crippen LogP contribution in [0.4, 0.5) is 0 Å². The maximum atomic E-state index is 5.62. The van der Waals surface area contributed by atoms with Crippen LogP contribution in [0, 0.1) is 10.7 Å². The Kier molecular flexibility index (Phi) is 3.46. The predicted molar refractivity (Wildman–Crippen MR) is 71.8 cm³/mol. The fourth-order valence-electron chi connectivity index (χ4n) is 2.45. The number of rotatable bonds is 2. The van der Waals surface area contributed by atoms with Gasteiger partial charge in [-0.1, -0.05) is 20.8 Å². The lowest BCUT2D eigenvalue weighted by molar-refractivity contribution is 0.101. The van der Waals surface area contributed by atoms with Gasteiger partial charge in [-0.05, 0) is 25.6 Å². The second-order valence-electron chi connectivity index (χ2n) is 5.96. The Labute approximate surface area is 108 Å². The Morgan fingerprint density at radius 2 is 2.24 bits per heavy atom. The van der Waals surface area contributed by atoms with Crippen LogP contribution in [-0.2, 0) is 16.7 Å². The highest BCUT2D eigenvalue weighted by molar-refractivity contribution is 7.71. The van der Waals surface area contributed by atoms with Gasteiger partial charge in [-0.2, -0.15) is 0 Å². The molecule has 0 bridgehead atoms. The van der Waals surface area contributed by atoms with Crippen molar-refractivity contribution < 1.29 is 4.74 Å². The van der Waals surface area contributed by atoms with Crippen LogP contribution >= 0.6 is 12.2 Å². The van der Waals surface area contributed by atoms with Crippen LogP contribution in [0.15, 0.2) is 6.20 Å². The largest absolute Gasteiger partial charge is 0.378 e. The minimum absolute atomic E-state index is 0.121. The van der Waals surface area contributed by atoms with Crippen molar-refractivity contribution in [2.45, 2.75) is 52.2 Å².